The van der Waals surface area contributed by atoms with Crippen LogP contribution in [0.3, 0.4) is 0 Å². The summed E-state index contributed by atoms with van der Waals surface area (Å²) in [5.74, 6) is 0.536. The zero-order valence-electron chi connectivity index (χ0n) is 10.9. The van der Waals surface area contributed by atoms with Crippen molar-refractivity contribution in [1.82, 2.24) is 0 Å². The second-order valence-corrected chi connectivity index (χ2v) is 6.17. The first-order chi connectivity index (χ1) is 9.25. The number of fused-ring (bicyclic) bond motifs is 1. The molecule has 2 atom stereocenters. The van der Waals surface area contributed by atoms with Gasteiger partial charge in [0.05, 0.1) is 0 Å². The largest absolute Gasteiger partial charge is 0.324 e. The van der Waals surface area contributed by atoms with Crippen molar-refractivity contribution < 1.29 is 0 Å². The molecule has 1 nitrogen and oxygen atoms in total. The topological polar surface area (TPSA) is 26.0 Å². The van der Waals surface area contributed by atoms with Crippen LogP contribution in [-0.2, 0) is 12.8 Å². The summed E-state index contributed by atoms with van der Waals surface area (Å²) in [5.41, 5.74) is 10.6. The molecule has 2 heteroatoms. The number of hydrogen-bond donors (Lipinski definition) is 1. The Morgan fingerprint density at radius 3 is 2.63 bits per heavy atom. The van der Waals surface area contributed by atoms with Crippen LogP contribution in [0.25, 0.3) is 0 Å². The molecule has 0 fully saturated rings. The molecule has 3 rings (SSSR count). The van der Waals surface area contributed by atoms with Crippen LogP contribution in [0.4, 0.5) is 0 Å². The van der Waals surface area contributed by atoms with E-state index in [-0.39, 0.29) is 6.04 Å². The lowest BCUT2D eigenvalue weighted by molar-refractivity contribution is 0.376. The molecule has 0 saturated carbocycles. The van der Waals surface area contributed by atoms with Gasteiger partial charge >= 0.3 is 0 Å². The third kappa shape index (κ3) is 2.60. The summed E-state index contributed by atoms with van der Waals surface area (Å²) in [6, 6.07) is 17.2. The molecule has 0 aliphatic heterocycles. The maximum Gasteiger partial charge on any atom is 0.0329 e. The van der Waals surface area contributed by atoms with E-state index in [0.29, 0.717) is 5.92 Å². The van der Waals surface area contributed by atoms with Gasteiger partial charge in [0.15, 0.2) is 0 Å². The van der Waals surface area contributed by atoms with Crippen molar-refractivity contribution in [2.45, 2.75) is 25.3 Å². The predicted molar refractivity (Wildman–Crippen MR) is 83.0 cm³/mol. The zero-order chi connectivity index (χ0) is 13.2. The minimum absolute atomic E-state index is 0.164. The van der Waals surface area contributed by atoms with Gasteiger partial charge in [-0.15, -0.1) is 0 Å². The highest BCUT2D eigenvalue weighted by atomic mass is 79.9. The summed E-state index contributed by atoms with van der Waals surface area (Å²) < 4.78 is 1.20. The summed E-state index contributed by atoms with van der Waals surface area (Å²) in [6.07, 6.45) is 3.38. The fourth-order valence-electron chi connectivity index (χ4n) is 3.04. The van der Waals surface area contributed by atoms with Gasteiger partial charge in [0, 0.05) is 10.5 Å². The molecule has 2 aromatic rings. The quantitative estimate of drug-likeness (QED) is 0.880. The van der Waals surface area contributed by atoms with Gasteiger partial charge in [0.2, 0.25) is 0 Å². The number of halogens is 1. The minimum atomic E-state index is 0.164. The first-order valence-electron chi connectivity index (χ1n) is 6.82. The third-order valence-electron chi connectivity index (χ3n) is 4.15. The Morgan fingerprint density at radius 2 is 1.79 bits per heavy atom. The number of rotatable bonds is 2. The monoisotopic (exact) mass is 315 g/mol. The molecule has 2 unspecified atom stereocenters. The van der Waals surface area contributed by atoms with Crippen molar-refractivity contribution in [1.29, 1.82) is 0 Å². The van der Waals surface area contributed by atoms with Gasteiger partial charge < -0.3 is 5.73 Å². The Morgan fingerprint density at radius 1 is 1.05 bits per heavy atom. The normalized spacial score (nSPS) is 22.0. The van der Waals surface area contributed by atoms with E-state index in [4.69, 9.17) is 5.73 Å². The summed E-state index contributed by atoms with van der Waals surface area (Å²) in [7, 11) is 0. The standard InChI is InChI=1S/C17H18BrN/c18-16-8-4-2-6-13(16)11-14-10-9-12-5-1-3-7-15(12)17(14)19/h1-8,14,17H,9-11,19H2. The van der Waals surface area contributed by atoms with Gasteiger partial charge in [-0.25, -0.2) is 0 Å². The molecule has 0 aromatic heterocycles. The number of benzene rings is 2. The Hall–Kier alpha value is -1.12. The van der Waals surface area contributed by atoms with E-state index in [1.54, 1.807) is 0 Å². The fraction of sp³-hybridized carbons (Fsp3) is 0.294. The lowest BCUT2D eigenvalue weighted by Crippen LogP contribution is -2.28. The van der Waals surface area contributed by atoms with E-state index in [1.807, 2.05) is 0 Å². The Bertz CT molecular complexity index is 579. The highest BCUT2D eigenvalue weighted by Crippen LogP contribution is 2.35. The van der Waals surface area contributed by atoms with E-state index in [1.165, 1.54) is 27.6 Å². The SMILES string of the molecule is NC1c2ccccc2CCC1Cc1ccccc1Br. The second kappa shape index (κ2) is 5.48. The molecule has 2 aromatic carbocycles. The van der Waals surface area contributed by atoms with Crippen molar-refractivity contribution in [2.24, 2.45) is 11.7 Å². The van der Waals surface area contributed by atoms with Gasteiger partial charge in [0.25, 0.3) is 0 Å². The minimum Gasteiger partial charge on any atom is -0.324 e. The number of nitrogens with two attached hydrogens (primary N) is 1. The molecular weight excluding hydrogens is 298 g/mol. The molecule has 0 heterocycles. The van der Waals surface area contributed by atoms with Crippen molar-refractivity contribution in [3.05, 3.63) is 69.7 Å². The van der Waals surface area contributed by atoms with E-state index in [9.17, 15) is 0 Å². The molecule has 2 N–H and O–H groups in total. The lowest BCUT2D eigenvalue weighted by atomic mass is 9.77. The highest BCUT2D eigenvalue weighted by molar-refractivity contribution is 9.10. The second-order valence-electron chi connectivity index (χ2n) is 5.32. The summed E-state index contributed by atoms with van der Waals surface area (Å²) in [6.45, 7) is 0. The van der Waals surface area contributed by atoms with Crippen molar-refractivity contribution >= 4 is 15.9 Å². The molecule has 0 saturated heterocycles. The van der Waals surface area contributed by atoms with Gasteiger partial charge in [-0.3, -0.25) is 0 Å². The first-order valence-corrected chi connectivity index (χ1v) is 7.62. The maximum absolute atomic E-state index is 6.47. The number of aryl methyl sites for hydroxylation is 1. The van der Waals surface area contributed by atoms with Crippen LogP contribution in [0.2, 0.25) is 0 Å². The van der Waals surface area contributed by atoms with E-state index >= 15 is 0 Å². The van der Waals surface area contributed by atoms with Crippen LogP contribution in [-0.4, -0.2) is 0 Å². The van der Waals surface area contributed by atoms with Crippen LogP contribution >= 0.6 is 15.9 Å². The van der Waals surface area contributed by atoms with Crippen LogP contribution in [0.15, 0.2) is 53.0 Å². The highest BCUT2D eigenvalue weighted by Gasteiger charge is 2.26. The maximum atomic E-state index is 6.47. The molecule has 1 aliphatic carbocycles. The molecule has 1 aliphatic rings. The van der Waals surface area contributed by atoms with E-state index < -0.39 is 0 Å². The Balaban J connectivity index is 1.83. The van der Waals surface area contributed by atoms with Crippen molar-refractivity contribution in [3.8, 4) is 0 Å². The van der Waals surface area contributed by atoms with Crippen LogP contribution in [0.5, 0.6) is 0 Å². The zero-order valence-corrected chi connectivity index (χ0v) is 12.4. The first kappa shape index (κ1) is 12.9. The van der Waals surface area contributed by atoms with Crippen LogP contribution in [0.1, 0.15) is 29.2 Å². The van der Waals surface area contributed by atoms with Gasteiger partial charge in [-0.2, -0.15) is 0 Å². The van der Waals surface area contributed by atoms with E-state index in [0.717, 1.165) is 12.8 Å². The molecular formula is C17H18BrN. The third-order valence-corrected chi connectivity index (χ3v) is 4.92. The lowest BCUT2D eigenvalue weighted by Gasteiger charge is -2.31. The van der Waals surface area contributed by atoms with Gasteiger partial charge in [-0.05, 0) is 47.9 Å². The van der Waals surface area contributed by atoms with Crippen LogP contribution in [0, 0.1) is 5.92 Å². The summed E-state index contributed by atoms with van der Waals surface area (Å²) in [5, 5.41) is 0. The van der Waals surface area contributed by atoms with E-state index in [2.05, 4.69) is 64.5 Å². The molecule has 19 heavy (non-hydrogen) atoms. The number of hydrogen-bond acceptors (Lipinski definition) is 1. The predicted octanol–water partition coefficient (Wildman–Crippen LogP) is 4.25. The fourth-order valence-corrected chi connectivity index (χ4v) is 3.48. The average molecular weight is 316 g/mol. The van der Waals surface area contributed by atoms with Gasteiger partial charge in [0.1, 0.15) is 0 Å². The smallest absolute Gasteiger partial charge is 0.0329 e. The van der Waals surface area contributed by atoms with Gasteiger partial charge in [-0.1, -0.05) is 58.4 Å². The van der Waals surface area contributed by atoms with Crippen molar-refractivity contribution in [3.63, 3.8) is 0 Å². The molecule has 0 radical (unpaired) electrons. The molecule has 0 amide bonds. The summed E-state index contributed by atoms with van der Waals surface area (Å²) in [4.78, 5) is 0. The molecule has 98 valence electrons. The molecule has 0 spiro atoms. The Labute approximate surface area is 123 Å². The average Bonchev–Trinajstić information content (AvgIpc) is 2.44. The van der Waals surface area contributed by atoms with Crippen molar-refractivity contribution in [2.75, 3.05) is 0 Å². The Kier molecular flexibility index (Phi) is 3.72. The summed E-state index contributed by atoms with van der Waals surface area (Å²) >= 11 is 3.63. The molecule has 0 bridgehead atoms. The van der Waals surface area contributed by atoms with Crippen LogP contribution < -0.4 is 5.73 Å².